The fraction of sp³-hybridized carbons (Fsp3) is 0.250. The van der Waals surface area contributed by atoms with Crippen molar-refractivity contribution in [3.8, 4) is 0 Å². The molecule has 0 amide bonds. The van der Waals surface area contributed by atoms with E-state index >= 15 is 0 Å². The number of rotatable bonds is 2. The maximum Gasteiger partial charge on any atom is 0.0360 e. The molecule has 0 aromatic heterocycles. The minimum absolute atomic E-state index is 0. The number of nitrogens with two attached hydrogens (primary N) is 1. The van der Waals surface area contributed by atoms with Crippen molar-refractivity contribution in [2.75, 3.05) is 17.6 Å². The quantitative estimate of drug-likeness (QED) is 0.671. The van der Waals surface area contributed by atoms with Gasteiger partial charge >= 0.3 is 0 Å². The van der Waals surface area contributed by atoms with E-state index in [0.717, 1.165) is 17.9 Å². The van der Waals surface area contributed by atoms with Gasteiger partial charge in [0.2, 0.25) is 0 Å². The second-order valence-corrected chi connectivity index (χ2v) is 2.16. The van der Waals surface area contributed by atoms with Gasteiger partial charge in [0.25, 0.3) is 0 Å². The van der Waals surface area contributed by atoms with Gasteiger partial charge in [-0.1, -0.05) is 6.07 Å². The third-order valence-corrected chi connectivity index (χ3v) is 1.27. The first-order valence-corrected chi connectivity index (χ1v) is 3.42. The lowest BCUT2D eigenvalue weighted by Gasteiger charge is -2.01. The Balaban J connectivity index is 0.000001000. The maximum atomic E-state index is 5.55. The van der Waals surface area contributed by atoms with Gasteiger partial charge in [-0.05, 0) is 25.1 Å². The van der Waals surface area contributed by atoms with Gasteiger partial charge in [0.05, 0.1) is 0 Å². The minimum atomic E-state index is 0. The van der Waals surface area contributed by atoms with E-state index in [1.165, 1.54) is 0 Å². The van der Waals surface area contributed by atoms with Crippen LogP contribution in [-0.4, -0.2) is 6.54 Å². The molecule has 62 valence electrons. The molecule has 0 unspecified atom stereocenters. The Hall–Kier alpha value is -0.890. The molecule has 0 aliphatic rings. The fourth-order valence-corrected chi connectivity index (χ4v) is 0.853. The van der Waals surface area contributed by atoms with E-state index < -0.39 is 0 Å². The van der Waals surface area contributed by atoms with Crippen LogP contribution in [-0.2, 0) is 0 Å². The molecule has 2 nitrogen and oxygen atoms in total. The van der Waals surface area contributed by atoms with E-state index in [2.05, 4.69) is 12.2 Å². The number of nitrogen functional groups attached to an aromatic ring is 1. The molecule has 0 saturated carbocycles. The normalized spacial score (nSPS) is 8.45. The molecular formula is C8H13ClN2. The van der Waals surface area contributed by atoms with Crippen molar-refractivity contribution in [3.05, 3.63) is 24.3 Å². The number of hydrogen-bond donors (Lipinski definition) is 2. The zero-order valence-corrected chi connectivity index (χ0v) is 7.32. The molecule has 0 atom stereocenters. The minimum Gasteiger partial charge on any atom is -0.399 e. The molecule has 1 rings (SSSR count). The van der Waals surface area contributed by atoms with Crippen molar-refractivity contribution < 1.29 is 0 Å². The largest absolute Gasteiger partial charge is 0.399 e. The molecule has 3 N–H and O–H groups in total. The third kappa shape index (κ3) is 3.14. The summed E-state index contributed by atoms with van der Waals surface area (Å²) in [6.45, 7) is 2.99. The predicted octanol–water partition coefficient (Wildman–Crippen LogP) is 2.12. The summed E-state index contributed by atoms with van der Waals surface area (Å²) in [5.41, 5.74) is 7.44. The molecule has 0 heterocycles. The topological polar surface area (TPSA) is 38.0 Å². The Morgan fingerprint density at radius 1 is 1.45 bits per heavy atom. The number of halogens is 1. The summed E-state index contributed by atoms with van der Waals surface area (Å²) < 4.78 is 0. The Morgan fingerprint density at radius 3 is 2.73 bits per heavy atom. The van der Waals surface area contributed by atoms with Gasteiger partial charge in [0, 0.05) is 17.9 Å². The molecule has 0 saturated heterocycles. The second kappa shape index (κ2) is 4.85. The highest BCUT2D eigenvalue weighted by Crippen LogP contribution is 2.10. The van der Waals surface area contributed by atoms with E-state index in [-0.39, 0.29) is 12.4 Å². The first-order chi connectivity index (χ1) is 4.83. The molecular weight excluding hydrogens is 160 g/mol. The van der Waals surface area contributed by atoms with Crippen LogP contribution >= 0.6 is 12.4 Å². The van der Waals surface area contributed by atoms with Crippen LogP contribution in [0.1, 0.15) is 6.92 Å². The van der Waals surface area contributed by atoms with Gasteiger partial charge in [-0.25, -0.2) is 0 Å². The van der Waals surface area contributed by atoms with Crippen LogP contribution in [0.3, 0.4) is 0 Å². The molecule has 0 spiro atoms. The fourth-order valence-electron chi connectivity index (χ4n) is 0.853. The lowest BCUT2D eigenvalue weighted by atomic mass is 10.3. The molecule has 0 aliphatic heterocycles. The van der Waals surface area contributed by atoms with Crippen LogP contribution in [0.4, 0.5) is 11.4 Å². The molecule has 0 aliphatic carbocycles. The number of hydrogen-bond acceptors (Lipinski definition) is 2. The van der Waals surface area contributed by atoms with Crippen molar-refractivity contribution in [3.63, 3.8) is 0 Å². The Labute approximate surface area is 73.2 Å². The van der Waals surface area contributed by atoms with Gasteiger partial charge in [-0.2, -0.15) is 0 Å². The molecule has 0 radical (unpaired) electrons. The van der Waals surface area contributed by atoms with Gasteiger partial charge in [-0.15, -0.1) is 12.4 Å². The molecule has 11 heavy (non-hydrogen) atoms. The van der Waals surface area contributed by atoms with E-state index in [0.29, 0.717) is 0 Å². The van der Waals surface area contributed by atoms with Gasteiger partial charge in [0.15, 0.2) is 0 Å². The average Bonchev–Trinajstić information content (AvgIpc) is 1.88. The summed E-state index contributed by atoms with van der Waals surface area (Å²) in [5.74, 6) is 0. The summed E-state index contributed by atoms with van der Waals surface area (Å²) >= 11 is 0. The number of nitrogens with one attached hydrogen (secondary N) is 1. The summed E-state index contributed by atoms with van der Waals surface area (Å²) in [6, 6.07) is 7.73. The van der Waals surface area contributed by atoms with Crippen LogP contribution in [0.5, 0.6) is 0 Å². The highest BCUT2D eigenvalue weighted by atomic mass is 35.5. The van der Waals surface area contributed by atoms with E-state index in [1.54, 1.807) is 0 Å². The smallest absolute Gasteiger partial charge is 0.0360 e. The number of benzene rings is 1. The second-order valence-electron chi connectivity index (χ2n) is 2.16. The summed E-state index contributed by atoms with van der Waals surface area (Å²) in [6.07, 6.45) is 0. The van der Waals surface area contributed by atoms with Crippen molar-refractivity contribution in [2.45, 2.75) is 6.92 Å². The zero-order valence-electron chi connectivity index (χ0n) is 6.50. The van der Waals surface area contributed by atoms with Crippen LogP contribution < -0.4 is 11.1 Å². The van der Waals surface area contributed by atoms with Gasteiger partial charge in [0.1, 0.15) is 0 Å². The van der Waals surface area contributed by atoms with Crippen LogP contribution in [0.2, 0.25) is 0 Å². The van der Waals surface area contributed by atoms with E-state index in [9.17, 15) is 0 Å². The number of anilines is 2. The van der Waals surface area contributed by atoms with Crippen molar-refractivity contribution in [1.29, 1.82) is 0 Å². The SMILES string of the molecule is CCNc1cccc(N)c1.Cl. The van der Waals surface area contributed by atoms with E-state index in [4.69, 9.17) is 5.73 Å². The predicted molar refractivity (Wildman–Crippen MR) is 52.3 cm³/mol. The summed E-state index contributed by atoms with van der Waals surface area (Å²) in [7, 11) is 0. The van der Waals surface area contributed by atoms with Gasteiger partial charge < -0.3 is 11.1 Å². The Kier molecular flexibility index (Phi) is 4.46. The molecule has 0 bridgehead atoms. The first-order valence-electron chi connectivity index (χ1n) is 3.42. The first kappa shape index (κ1) is 10.1. The summed E-state index contributed by atoms with van der Waals surface area (Å²) in [4.78, 5) is 0. The summed E-state index contributed by atoms with van der Waals surface area (Å²) in [5, 5.41) is 3.17. The molecule has 1 aromatic carbocycles. The van der Waals surface area contributed by atoms with Crippen molar-refractivity contribution in [1.82, 2.24) is 0 Å². The van der Waals surface area contributed by atoms with Gasteiger partial charge in [-0.3, -0.25) is 0 Å². The maximum absolute atomic E-state index is 5.55. The van der Waals surface area contributed by atoms with Crippen LogP contribution in [0.25, 0.3) is 0 Å². The molecule has 1 aromatic rings. The van der Waals surface area contributed by atoms with E-state index in [1.807, 2.05) is 24.3 Å². The Bertz CT molecular complexity index is 213. The zero-order chi connectivity index (χ0) is 7.40. The Morgan fingerprint density at radius 2 is 2.18 bits per heavy atom. The third-order valence-electron chi connectivity index (χ3n) is 1.27. The highest BCUT2D eigenvalue weighted by Gasteiger charge is 1.87. The molecule has 3 heteroatoms. The van der Waals surface area contributed by atoms with Crippen LogP contribution in [0.15, 0.2) is 24.3 Å². The lowest BCUT2D eigenvalue weighted by Crippen LogP contribution is -1.96. The van der Waals surface area contributed by atoms with Crippen molar-refractivity contribution >= 4 is 23.8 Å². The monoisotopic (exact) mass is 172 g/mol. The lowest BCUT2D eigenvalue weighted by molar-refractivity contribution is 1.21. The highest BCUT2D eigenvalue weighted by molar-refractivity contribution is 5.85. The van der Waals surface area contributed by atoms with Crippen LogP contribution in [0, 0.1) is 0 Å². The average molecular weight is 173 g/mol. The standard InChI is InChI=1S/C8H12N2.ClH/c1-2-10-8-5-3-4-7(9)6-8;/h3-6,10H,2,9H2,1H3;1H. The van der Waals surface area contributed by atoms with Crippen molar-refractivity contribution in [2.24, 2.45) is 0 Å². The molecule has 0 fully saturated rings.